The minimum absolute atomic E-state index is 0.0751. The van der Waals surface area contributed by atoms with E-state index in [0.29, 0.717) is 0 Å². The number of carbonyl (C=O) groups is 1. The third-order valence-corrected chi connectivity index (χ3v) is 5.27. The van der Waals surface area contributed by atoms with E-state index in [0.717, 1.165) is 21.8 Å². The predicted molar refractivity (Wildman–Crippen MR) is 99.0 cm³/mol. The monoisotopic (exact) mass is 357 g/mol. The zero-order chi connectivity index (χ0) is 18.0. The smallest absolute Gasteiger partial charge is 0.233 e. The molecule has 1 heterocycles. The molecule has 6 heteroatoms. The lowest BCUT2D eigenvalue weighted by Crippen LogP contribution is -2.33. The summed E-state index contributed by atoms with van der Waals surface area (Å²) < 4.78 is 15.0. The number of fused-ring (bicyclic) bond motifs is 1. The van der Waals surface area contributed by atoms with Crippen molar-refractivity contribution in [2.75, 3.05) is 0 Å². The van der Waals surface area contributed by atoms with Crippen LogP contribution in [0.25, 0.3) is 11.0 Å². The molecule has 2 aromatic carbocycles. The second-order valence-electron chi connectivity index (χ2n) is 5.98. The van der Waals surface area contributed by atoms with Gasteiger partial charge in [-0.05, 0) is 43.7 Å². The Bertz CT molecular complexity index is 891. The Morgan fingerprint density at radius 2 is 1.84 bits per heavy atom. The van der Waals surface area contributed by atoms with E-state index < -0.39 is 0 Å². The van der Waals surface area contributed by atoms with Crippen LogP contribution in [0.1, 0.15) is 25.5 Å². The number of amides is 1. The van der Waals surface area contributed by atoms with Crippen molar-refractivity contribution in [2.45, 2.75) is 30.3 Å². The van der Waals surface area contributed by atoms with Gasteiger partial charge in [0.05, 0.1) is 22.3 Å². The molecule has 2 atom stereocenters. The maximum atomic E-state index is 13.0. The van der Waals surface area contributed by atoms with Crippen molar-refractivity contribution in [3.63, 3.8) is 0 Å². The van der Waals surface area contributed by atoms with Crippen LogP contribution in [0.3, 0.4) is 0 Å². The van der Waals surface area contributed by atoms with Crippen LogP contribution in [-0.4, -0.2) is 20.7 Å². The molecule has 1 N–H and O–H groups in total. The fourth-order valence-corrected chi connectivity index (χ4v) is 3.50. The van der Waals surface area contributed by atoms with E-state index in [1.165, 1.54) is 23.9 Å². The quantitative estimate of drug-likeness (QED) is 0.700. The molecule has 2 unspecified atom stereocenters. The summed E-state index contributed by atoms with van der Waals surface area (Å²) in [4.78, 5) is 17.1. The number of nitrogens with zero attached hydrogens (tertiary/aromatic N) is 2. The number of halogens is 1. The highest BCUT2D eigenvalue weighted by atomic mass is 32.2. The van der Waals surface area contributed by atoms with Crippen molar-refractivity contribution in [3.05, 3.63) is 59.9 Å². The Hall–Kier alpha value is -2.34. The average Bonchev–Trinajstić information content (AvgIpc) is 2.91. The number of para-hydroxylation sites is 2. The number of rotatable bonds is 5. The van der Waals surface area contributed by atoms with Crippen molar-refractivity contribution in [2.24, 2.45) is 7.05 Å². The largest absolute Gasteiger partial charge is 0.349 e. The summed E-state index contributed by atoms with van der Waals surface area (Å²) in [5.74, 6) is -0.359. The molecule has 0 saturated heterocycles. The third kappa shape index (κ3) is 3.85. The minimum atomic E-state index is -0.293. The standard InChI is InChI=1S/C19H20FN3OS/c1-12(14-8-10-15(20)11-9-14)21-18(24)13(2)25-19-22-16-6-4-5-7-17(16)23(19)3/h4-13H,1-3H3,(H,21,24). The lowest BCUT2D eigenvalue weighted by atomic mass is 10.1. The van der Waals surface area contributed by atoms with Crippen LogP contribution in [0.5, 0.6) is 0 Å². The van der Waals surface area contributed by atoms with Crippen molar-refractivity contribution >= 4 is 28.7 Å². The molecule has 4 nitrogen and oxygen atoms in total. The summed E-state index contributed by atoms with van der Waals surface area (Å²) >= 11 is 1.42. The lowest BCUT2D eigenvalue weighted by Gasteiger charge is -2.17. The van der Waals surface area contributed by atoms with Crippen LogP contribution in [0.15, 0.2) is 53.7 Å². The molecule has 0 aliphatic carbocycles. The van der Waals surface area contributed by atoms with Gasteiger partial charge in [0.1, 0.15) is 5.82 Å². The van der Waals surface area contributed by atoms with Gasteiger partial charge < -0.3 is 9.88 Å². The molecule has 0 bridgehead atoms. The summed E-state index contributed by atoms with van der Waals surface area (Å²) in [7, 11) is 1.95. The molecule has 3 rings (SSSR count). The highest BCUT2D eigenvalue weighted by molar-refractivity contribution is 8.00. The summed E-state index contributed by atoms with van der Waals surface area (Å²) in [5.41, 5.74) is 2.83. The number of hydrogen-bond acceptors (Lipinski definition) is 3. The Morgan fingerprint density at radius 1 is 1.16 bits per heavy atom. The number of aromatic nitrogens is 2. The van der Waals surface area contributed by atoms with Crippen LogP contribution in [0.4, 0.5) is 4.39 Å². The summed E-state index contributed by atoms with van der Waals surface area (Å²) in [6.07, 6.45) is 0. The lowest BCUT2D eigenvalue weighted by molar-refractivity contribution is -0.120. The van der Waals surface area contributed by atoms with Gasteiger partial charge in [0.15, 0.2) is 5.16 Å². The zero-order valence-corrected chi connectivity index (χ0v) is 15.2. The number of benzene rings is 2. The van der Waals surface area contributed by atoms with E-state index in [9.17, 15) is 9.18 Å². The first kappa shape index (κ1) is 17.5. The second kappa shape index (κ2) is 7.27. The second-order valence-corrected chi connectivity index (χ2v) is 7.29. The van der Waals surface area contributed by atoms with E-state index in [2.05, 4.69) is 10.3 Å². The Labute approximate surface area is 150 Å². The number of nitrogens with one attached hydrogen (secondary N) is 1. The normalized spacial score (nSPS) is 13.6. The van der Waals surface area contributed by atoms with Gasteiger partial charge in [0, 0.05) is 7.05 Å². The van der Waals surface area contributed by atoms with Crippen molar-refractivity contribution < 1.29 is 9.18 Å². The van der Waals surface area contributed by atoms with E-state index in [1.807, 2.05) is 49.7 Å². The van der Waals surface area contributed by atoms with Gasteiger partial charge in [0.25, 0.3) is 0 Å². The fourth-order valence-electron chi connectivity index (χ4n) is 2.61. The number of imidazole rings is 1. The predicted octanol–water partition coefficient (Wildman–Crippen LogP) is 4.07. The van der Waals surface area contributed by atoms with Crippen LogP contribution in [0, 0.1) is 5.82 Å². The molecular formula is C19H20FN3OS. The highest BCUT2D eigenvalue weighted by Crippen LogP contribution is 2.26. The third-order valence-electron chi connectivity index (χ3n) is 4.13. The number of thioether (sulfide) groups is 1. The first-order valence-corrected chi connectivity index (χ1v) is 8.97. The fraction of sp³-hybridized carbons (Fsp3) is 0.263. The summed E-state index contributed by atoms with van der Waals surface area (Å²) in [6, 6.07) is 13.9. The van der Waals surface area contributed by atoms with Crippen molar-refractivity contribution in [1.82, 2.24) is 14.9 Å². The van der Waals surface area contributed by atoms with Gasteiger partial charge >= 0.3 is 0 Å². The van der Waals surface area contributed by atoms with E-state index in [-0.39, 0.29) is 23.0 Å². The van der Waals surface area contributed by atoms with Crippen LogP contribution >= 0.6 is 11.8 Å². The maximum Gasteiger partial charge on any atom is 0.233 e. The first-order valence-electron chi connectivity index (χ1n) is 8.09. The van der Waals surface area contributed by atoms with Gasteiger partial charge in [0.2, 0.25) is 5.91 Å². The van der Waals surface area contributed by atoms with E-state index in [1.54, 1.807) is 12.1 Å². The summed E-state index contributed by atoms with van der Waals surface area (Å²) in [6.45, 7) is 3.74. The van der Waals surface area contributed by atoms with Gasteiger partial charge in [-0.25, -0.2) is 9.37 Å². The Morgan fingerprint density at radius 3 is 2.52 bits per heavy atom. The SMILES string of the molecule is CC(Sc1nc2ccccc2n1C)C(=O)NC(C)c1ccc(F)cc1. The van der Waals surface area contributed by atoms with Crippen molar-refractivity contribution in [1.29, 1.82) is 0 Å². The number of hydrogen-bond donors (Lipinski definition) is 1. The van der Waals surface area contributed by atoms with Gasteiger partial charge in [-0.1, -0.05) is 36.0 Å². The molecule has 0 spiro atoms. The molecule has 3 aromatic rings. The molecule has 25 heavy (non-hydrogen) atoms. The molecule has 0 aliphatic heterocycles. The molecule has 0 radical (unpaired) electrons. The highest BCUT2D eigenvalue weighted by Gasteiger charge is 2.20. The Kier molecular flexibility index (Phi) is 5.08. The average molecular weight is 357 g/mol. The van der Waals surface area contributed by atoms with Gasteiger partial charge in [-0.15, -0.1) is 0 Å². The number of carbonyl (C=O) groups excluding carboxylic acids is 1. The number of aryl methyl sites for hydroxylation is 1. The van der Waals surface area contributed by atoms with Crippen molar-refractivity contribution in [3.8, 4) is 0 Å². The van der Waals surface area contributed by atoms with Gasteiger partial charge in [-0.3, -0.25) is 4.79 Å². The minimum Gasteiger partial charge on any atom is -0.349 e. The van der Waals surface area contributed by atoms with Crippen LogP contribution < -0.4 is 5.32 Å². The molecule has 130 valence electrons. The van der Waals surface area contributed by atoms with E-state index >= 15 is 0 Å². The summed E-state index contributed by atoms with van der Waals surface area (Å²) in [5, 5.41) is 3.48. The van der Waals surface area contributed by atoms with Crippen LogP contribution in [-0.2, 0) is 11.8 Å². The molecule has 1 aromatic heterocycles. The molecule has 0 fully saturated rings. The topological polar surface area (TPSA) is 46.9 Å². The Balaban J connectivity index is 1.67. The van der Waals surface area contributed by atoms with Gasteiger partial charge in [-0.2, -0.15) is 0 Å². The first-order chi connectivity index (χ1) is 12.0. The molecule has 1 amide bonds. The molecule has 0 saturated carbocycles. The molecule has 0 aliphatic rings. The zero-order valence-electron chi connectivity index (χ0n) is 14.4. The maximum absolute atomic E-state index is 13.0. The van der Waals surface area contributed by atoms with Crippen LogP contribution in [0.2, 0.25) is 0 Å². The van der Waals surface area contributed by atoms with E-state index in [4.69, 9.17) is 0 Å². The molecular weight excluding hydrogens is 337 g/mol.